The van der Waals surface area contributed by atoms with E-state index >= 15 is 0 Å². The number of nitriles is 1. The number of ether oxygens (including phenoxy) is 1. The fourth-order valence-corrected chi connectivity index (χ4v) is 3.48. The Morgan fingerprint density at radius 2 is 1.90 bits per heavy atom. The molecule has 146 valence electrons. The zero-order chi connectivity index (χ0) is 20.4. The summed E-state index contributed by atoms with van der Waals surface area (Å²) in [5.41, 5.74) is 0.843. The van der Waals surface area contributed by atoms with Gasteiger partial charge < -0.3 is 9.64 Å². The van der Waals surface area contributed by atoms with Crippen molar-refractivity contribution in [3.05, 3.63) is 70.0 Å². The normalized spacial score (nSPS) is 14.6. The fraction of sp³-hybridized carbons (Fsp3) is 0.238. The molecule has 7 nitrogen and oxygen atoms in total. The SMILES string of the molecule is N#Cc1cc(N2CCC(Oc3ccc(F)cc3)CC2)nc2ccc([N+](=O)[O-])cc12. The first-order valence-corrected chi connectivity index (χ1v) is 9.20. The van der Waals surface area contributed by atoms with Crippen molar-refractivity contribution in [3.8, 4) is 11.8 Å². The summed E-state index contributed by atoms with van der Waals surface area (Å²) >= 11 is 0. The Labute approximate surface area is 166 Å². The Bertz CT molecular complexity index is 1100. The van der Waals surface area contributed by atoms with Gasteiger partial charge in [-0.05, 0) is 36.4 Å². The van der Waals surface area contributed by atoms with E-state index in [9.17, 15) is 19.8 Å². The Balaban J connectivity index is 1.50. The number of aromatic nitrogens is 1. The molecule has 2 aromatic carbocycles. The van der Waals surface area contributed by atoms with Crippen molar-refractivity contribution < 1.29 is 14.1 Å². The van der Waals surface area contributed by atoms with E-state index in [1.54, 1.807) is 24.3 Å². The summed E-state index contributed by atoms with van der Waals surface area (Å²) in [4.78, 5) is 17.2. The van der Waals surface area contributed by atoms with Gasteiger partial charge in [0.25, 0.3) is 5.69 Å². The van der Waals surface area contributed by atoms with Crippen molar-refractivity contribution in [1.29, 1.82) is 5.26 Å². The summed E-state index contributed by atoms with van der Waals surface area (Å²) in [5, 5.41) is 21.0. The van der Waals surface area contributed by atoms with Crippen LogP contribution in [0, 0.1) is 27.3 Å². The molecular formula is C21H17FN4O3. The van der Waals surface area contributed by atoms with Gasteiger partial charge in [0.1, 0.15) is 23.5 Å². The highest BCUT2D eigenvalue weighted by Crippen LogP contribution is 2.28. The largest absolute Gasteiger partial charge is 0.490 e. The van der Waals surface area contributed by atoms with Crippen molar-refractivity contribution in [1.82, 2.24) is 4.98 Å². The minimum absolute atomic E-state index is 0.0234. The molecule has 1 fully saturated rings. The first-order chi connectivity index (χ1) is 14.0. The molecule has 1 aromatic heterocycles. The molecule has 0 amide bonds. The zero-order valence-electron chi connectivity index (χ0n) is 15.4. The minimum Gasteiger partial charge on any atom is -0.490 e. The van der Waals surface area contributed by atoms with E-state index < -0.39 is 4.92 Å². The molecule has 0 aliphatic carbocycles. The van der Waals surface area contributed by atoms with Crippen LogP contribution in [0.5, 0.6) is 5.75 Å². The molecule has 29 heavy (non-hydrogen) atoms. The minimum atomic E-state index is -0.486. The lowest BCUT2D eigenvalue weighted by atomic mass is 10.1. The van der Waals surface area contributed by atoms with Gasteiger partial charge in [0.2, 0.25) is 0 Å². The zero-order valence-corrected chi connectivity index (χ0v) is 15.4. The van der Waals surface area contributed by atoms with E-state index in [-0.39, 0.29) is 17.6 Å². The summed E-state index contributed by atoms with van der Waals surface area (Å²) < 4.78 is 18.9. The monoisotopic (exact) mass is 392 g/mol. The molecule has 1 saturated heterocycles. The van der Waals surface area contributed by atoms with Crippen molar-refractivity contribution in [2.24, 2.45) is 0 Å². The molecule has 0 N–H and O–H groups in total. The van der Waals surface area contributed by atoms with Crippen LogP contribution in [0.3, 0.4) is 0 Å². The first-order valence-electron chi connectivity index (χ1n) is 9.20. The van der Waals surface area contributed by atoms with Gasteiger partial charge in [0, 0.05) is 43.5 Å². The average molecular weight is 392 g/mol. The third-order valence-corrected chi connectivity index (χ3v) is 4.99. The number of halogens is 1. The van der Waals surface area contributed by atoms with Crippen molar-refractivity contribution >= 4 is 22.4 Å². The predicted octanol–water partition coefficient (Wildman–Crippen LogP) is 4.20. The number of nitro groups is 1. The summed E-state index contributed by atoms with van der Waals surface area (Å²) in [7, 11) is 0. The summed E-state index contributed by atoms with van der Waals surface area (Å²) in [5.74, 6) is 1.01. The molecule has 1 aliphatic heterocycles. The third kappa shape index (κ3) is 3.94. The van der Waals surface area contributed by atoms with Crippen LogP contribution < -0.4 is 9.64 Å². The molecule has 0 unspecified atom stereocenters. The summed E-state index contributed by atoms with van der Waals surface area (Å²) in [6.45, 7) is 1.39. The number of anilines is 1. The quantitative estimate of drug-likeness (QED) is 0.488. The third-order valence-electron chi connectivity index (χ3n) is 4.99. The molecule has 2 heterocycles. The number of non-ortho nitro benzene ring substituents is 1. The van der Waals surface area contributed by atoms with Gasteiger partial charge in [-0.3, -0.25) is 10.1 Å². The standard InChI is InChI=1S/C21H17FN4O3/c22-15-1-4-17(5-2-15)29-18-7-9-25(10-8-18)21-11-14(13-23)19-12-16(26(27)28)3-6-20(19)24-21/h1-6,11-12,18H,7-10H2. The maximum Gasteiger partial charge on any atom is 0.270 e. The maximum atomic E-state index is 13.0. The van der Waals surface area contributed by atoms with Crippen LogP contribution in [0.4, 0.5) is 15.9 Å². The fourth-order valence-electron chi connectivity index (χ4n) is 3.48. The number of rotatable bonds is 4. The van der Waals surface area contributed by atoms with E-state index in [0.717, 1.165) is 12.8 Å². The van der Waals surface area contributed by atoms with Gasteiger partial charge in [0.05, 0.1) is 22.1 Å². The van der Waals surface area contributed by atoms with Crippen LogP contribution in [0.15, 0.2) is 48.5 Å². The van der Waals surface area contributed by atoms with Gasteiger partial charge in [-0.1, -0.05) is 0 Å². The van der Waals surface area contributed by atoms with Crippen LogP contribution in [-0.4, -0.2) is 29.1 Å². The van der Waals surface area contributed by atoms with Gasteiger partial charge in [-0.25, -0.2) is 9.37 Å². The second-order valence-electron chi connectivity index (χ2n) is 6.86. The van der Waals surface area contributed by atoms with Crippen LogP contribution in [-0.2, 0) is 0 Å². The Kier molecular flexibility index (Phi) is 4.96. The molecular weight excluding hydrogens is 375 g/mol. The van der Waals surface area contributed by atoms with E-state index in [4.69, 9.17) is 4.74 Å². The second kappa shape index (κ2) is 7.72. The number of nitrogens with zero attached hydrogens (tertiary/aromatic N) is 4. The molecule has 0 spiro atoms. The van der Waals surface area contributed by atoms with Crippen molar-refractivity contribution in [3.63, 3.8) is 0 Å². The molecule has 0 bridgehead atoms. The van der Waals surface area contributed by atoms with E-state index in [1.165, 1.54) is 24.3 Å². The van der Waals surface area contributed by atoms with Gasteiger partial charge in [-0.15, -0.1) is 0 Å². The summed E-state index contributed by atoms with van der Waals surface area (Å²) in [6.07, 6.45) is 1.55. The van der Waals surface area contributed by atoms with Gasteiger partial charge in [-0.2, -0.15) is 5.26 Å². The number of nitro benzene ring substituents is 1. The average Bonchev–Trinajstić information content (AvgIpc) is 2.74. The second-order valence-corrected chi connectivity index (χ2v) is 6.86. The lowest BCUT2D eigenvalue weighted by molar-refractivity contribution is -0.384. The lowest BCUT2D eigenvalue weighted by Gasteiger charge is -2.33. The molecule has 0 radical (unpaired) electrons. The molecule has 3 aromatic rings. The lowest BCUT2D eigenvalue weighted by Crippen LogP contribution is -2.38. The van der Waals surface area contributed by atoms with Crippen LogP contribution in [0.1, 0.15) is 18.4 Å². The predicted molar refractivity (Wildman–Crippen MR) is 105 cm³/mol. The number of hydrogen-bond acceptors (Lipinski definition) is 6. The van der Waals surface area contributed by atoms with Crippen molar-refractivity contribution in [2.45, 2.75) is 18.9 Å². The van der Waals surface area contributed by atoms with Gasteiger partial charge >= 0.3 is 0 Å². The number of benzene rings is 2. The first kappa shape index (κ1) is 18.6. The van der Waals surface area contributed by atoms with Crippen molar-refractivity contribution in [2.75, 3.05) is 18.0 Å². The Morgan fingerprint density at radius 1 is 1.17 bits per heavy atom. The number of piperidine rings is 1. The maximum absolute atomic E-state index is 13.0. The molecule has 0 atom stereocenters. The van der Waals surface area contributed by atoms with Crippen LogP contribution in [0.25, 0.3) is 10.9 Å². The smallest absolute Gasteiger partial charge is 0.270 e. The van der Waals surface area contributed by atoms with E-state index in [2.05, 4.69) is 16.0 Å². The van der Waals surface area contributed by atoms with Crippen LogP contribution >= 0.6 is 0 Å². The highest BCUT2D eigenvalue weighted by atomic mass is 19.1. The molecule has 8 heteroatoms. The molecule has 1 aliphatic rings. The molecule has 0 saturated carbocycles. The number of hydrogen-bond donors (Lipinski definition) is 0. The van der Waals surface area contributed by atoms with Gasteiger partial charge in [0.15, 0.2) is 0 Å². The highest BCUT2D eigenvalue weighted by molar-refractivity contribution is 5.88. The van der Waals surface area contributed by atoms with E-state index in [0.29, 0.717) is 41.1 Å². The molecule has 4 rings (SSSR count). The summed E-state index contributed by atoms with van der Waals surface area (Å²) in [6, 6.07) is 14.1. The highest BCUT2D eigenvalue weighted by Gasteiger charge is 2.23. The number of pyridine rings is 1. The Morgan fingerprint density at radius 3 is 2.55 bits per heavy atom. The van der Waals surface area contributed by atoms with Crippen LogP contribution in [0.2, 0.25) is 0 Å². The number of fused-ring (bicyclic) bond motifs is 1. The van der Waals surface area contributed by atoms with E-state index in [1.807, 2.05) is 0 Å². The topological polar surface area (TPSA) is 92.3 Å². The Hall–Kier alpha value is -3.73.